The summed E-state index contributed by atoms with van der Waals surface area (Å²) >= 11 is 1.39. The highest BCUT2D eigenvalue weighted by Crippen LogP contribution is 2.41. The van der Waals surface area contributed by atoms with Gasteiger partial charge >= 0.3 is 0 Å². The highest BCUT2D eigenvalue weighted by atomic mass is 32.2. The third-order valence-electron chi connectivity index (χ3n) is 8.56. The Bertz CT molecular complexity index is 1590. The lowest BCUT2D eigenvalue weighted by atomic mass is 9.90. The molecule has 0 aliphatic carbocycles. The summed E-state index contributed by atoms with van der Waals surface area (Å²) in [7, 11) is -0.0239. The SMILES string of the molecule is COc1ccc(CC(=O)N=C2S[C@H]3CS(=O)(=O)C[C@H]3N2c2ccc(N3CCC(Cc4ccccc4)CC3)cc2)cc1OC. The molecule has 3 aromatic carbocycles. The third-order valence-corrected chi connectivity index (χ3v) is 11.8. The number of piperidine rings is 1. The number of fused-ring (bicyclic) bond motifs is 1. The molecule has 3 fully saturated rings. The highest BCUT2D eigenvalue weighted by Gasteiger charge is 2.49. The van der Waals surface area contributed by atoms with E-state index in [4.69, 9.17) is 9.47 Å². The Labute approximate surface area is 258 Å². The number of nitrogens with zero attached hydrogens (tertiary/aromatic N) is 3. The second-order valence-electron chi connectivity index (χ2n) is 11.5. The Morgan fingerprint density at radius 1 is 0.884 bits per heavy atom. The smallest absolute Gasteiger partial charge is 0.252 e. The zero-order valence-electron chi connectivity index (χ0n) is 24.5. The van der Waals surface area contributed by atoms with Crippen molar-refractivity contribution in [1.82, 2.24) is 0 Å². The molecule has 43 heavy (non-hydrogen) atoms. The van der Waals surface area contributed by atoms with Gasteiger partial charge in [-0.25, -0.2) is 8.42 Å². The predicted octanol–water partition coefficient (Wildman–Crippen LogP) is 5.01. The Kier molecular flexibility index (Phi) is 8.68. The highest BCUT2D eigenvalue weighted by molar-refractivity contribution is 8.16. The predicted molar refractivity (Wildman–Crippen MR) is 174 cm³/mol. The van der Waals surface area contributed by atoms with Crippen molar-refractivity contribution < 1.29 is 22.7 Å². The molecule has 3 aliphatic rings. The molecule has 2 atom stereocenters. The van der Waals surface area contributed by atoms with Gasteiger partial charge in [0.05, 0.1) is 38.2 Å². The van der Waals surface area contributed by atoms with Gasteiger partial charge in [0, 0.05) is 29.7 Å². The number of hydrogen-bond donors (Lipinski definition) is 0. The molecule has 1 amide bonds. The van der Waals surface area contributed by atoms with Crippen LogP contribution in [0.1, 0.15) is 24.0 Å². The summed E-state index contributed by atoms with van der Waals surface area (Å²) in [6.45, 7) is 2.02. The number of amidine groups is 1. The number of thioether (sulfide) groups is 1. The fourth-order valence-electron chi connectivity index (χ4n) is 6.34. The van der Waals surface area contributed by atoms with Crippen molar-refractivity contribution in [2.45, 2.75) is 37.0 Å². The van der Waals surface area contributed by atoms with Crippen molar-refractivity contribution >= 4 is 44.0 Å². The van der Waals surface area contributed by atoms with Crippen LogP contribution in [0.5, 0.6) is 11.5 Å². The average Bonchev–Trinajstić information content (AvgIpc) is 3.48. The van der Waals surface area contributed by atoms with Crippen molar-refractivity contribution in [2.24, 2.45) is 10.9 Å². The Balaban J connectivity index is 1.16. The molecule has 226 valence electrons. The molecule has 3 aliphatic heterocycles. The van der Waals surface area contributed by atoms with Crippen molar-refractivity contribution in [1.29, 1.82) is 0 Å². The second kappa shape index (κ2) is 12.6. The minimum absolute atomic E-state index is 0.0598. The van der Waals surface area contributed by atoms with Crippen LogP contribution in [0.3, 0.4) is 0 Å². The largest absolute Gasteiger partial charge is 0.493 e. The minimum atomic E-state index is -3.15. The van der Waals surface area contributed by atoms with Crippen LogP contribution in [0.25, 0.3) is 0 Å². The number of hydrogen-bond acceptors (Lipinski definition) is 7. The molecule has 0 bridgehead atoms. The molecule has 8 nitrogen and oxygen atoms in total. The van der Waals surface area contributed by atoms with Gasteiger partial charge in [0.2, 0.25) is 0 Å². The lowest BCUT2D eigenvalue weighted by molar-refractivity contribution is -0.117. The van der Waals surface area contributed by atoms with Gasteiger partial charge in [-0.15, -0.1) is 0 Å². The first kappa shape index (κ1) is 29.6. The number of amides is 1. The first-order valence-corrected chi connectivity index (χ1v) is 17.4. The summed E-state index contributed by atoms with van der Waals surface area (Å²) in [6, 6.07) is 24.1. The zero-order valence-corrected chi connectivity index (χ0v) is 26.1. The maximum atomic E-state index is 13.1. The van der Waals surface area contributed by atoms with E-state index in [2.05, 4.69) is 52.4 Å². The number of methoxy groups -OCH3 is 2. The standard InChI is InChI=1S/C33H37N3O5S2/c1-40-29-13-8-25(19-30(29)41-2)20-32(37)34-33-36(28-21-43(38,39)22-31(28)42-33)27-11-9-26(10-12-27)35-16-14-24(15-17-35)18-23-6-4-3-5-7-23/h3-13,19,24,28,31H,14-18,20-22H2,1-2H3/t28-,31+/m1/s1. The fourth-order valence-corrected chi connectivity index (χ4v) is 10.3. The number of sulfone groups is 1. The molecule has 0 aromatic heterocycles. The monoisotopic (exact) mass is 619 g/mol. The number of carbonyl (C=O) groups is 1. The van der Waals surface area contributed by atoms with Crippen LogP contribution in [0, 0.1) is 5.92 Å². The Morgan fingerprint density at radius 3 is 2.28 bits per heavy atom. The number of carbonyl (C=O) groups excluding carboxylic acids is 1. The first-order chi connectivity index (χ1) is 20.8. The fraction of sp³-hybridized carbons (Fsp3) is 0.394. The van der Waals surface area contributed by atoms with E-state index in [1.807, 2.05) is 23.1 Å². The molecule has 3 saturated heterocycles. The van der Waals surface area contributed by atoms with Gasteiger partial charge in [0.1, 0.15) is 0 Å². The molecule has 0 spiro atoms. The van der Waals surface area contributed by atoms with Crippen LogP contribution in [0.15, 0.2) is 77.8 Å². The summed E-state index contributed by atoms with van der Waals surface area (Å²) in [5, 5.41) is 0.408. The number of benzene rings is 3. The Hall–Kier alpha value is -3.50. The molecule has 0 radical (unpaired) electrons. The van der Waals surface area contributed by atoms with Gasteiger partial charge in [-0.1, -0.05) is 48.2 Å². The third kappa shape index (κ3) is 6.70. The molecular weight excluding hydrogens is 583 g/mol. The normalized spacial score (nSPS) is 22.5. The lowest BCUT2D eigenvalue weighted by Gasteiger charge is -2.34. The number of rotatable bonds is 8. The van der Waals surface area contributed by atoms with Gasteiger partial charge in [-0.3, -0.25) is 4.79 Å². The van der Waals surface area contributed by atoms with Crippen LogP contribution in [0.4, 0.5) is 11.4 Å². The summed E-state index contributed by atoms with van der Waals surface area (Å²) in [5.74, 6) is 1.70. The van der Waals surface area contributed by atoms with Crippen molar-refractivity contribution in [3.05, 3.63) is 83.9 Å². The van der Waals surface area contributed by atoms with E-state index in [0.29, 0.717) is 22.6 Å². The molecule has 3 aromatic rings. The number of ether oxygens (including phenoxy) is 2. The maximum absolute atomic E-state index is 13.1. The van der Waals surface area contributed by atoms with E-state index >= 15 is 0 Å². The van der Waals surface area contributed by atoms with Gasteiger partial charge in [-0.05, 0) is 72.7 Å². The molecule has 0 N–H and O–H groups in total. The van der Waals surface area contributed by atoms with Crippen LogP contribution in [-0.2, 0) is 27.5 Å². The summed E-state index contributed by atoms with van der Waals surface area (Å²) < 4.78 is 35.7. The van der Waals surface area contributed by atoms with Gasteiger partial charge in [0.25, 0.3) is 5.91 Å². The van der Waals surface area contributed by atoms with Crippen LogP contribution in [0.2, 0.25) is 0 Å². The summed E-state index contributed by atoms with van der Waals surface area (Å²) in [6.07, 6.45) is 3.53. The van der Waals surface area contributed by atoms with Crippen molar-refractivity contribution in [3.8, 4) is 11.5 Å². The van der Waals surface area contributed by atoms with Crippen LogP contribution in [-0.4, -0.2) is 69.6 Å². The maximum Gasteiger partial charge on any atom is 0.252 e. The number of anilines is 2. The van der Waals surface area contributed by atoms with E-state index in [9.17, 15) is 13.2 Å². The average molecular weight is 620 g/mol. The molecule has 0 saturated carbocycles. The van der Waals surface area contributed by atoms with Crippen molar-refractivity contribution in [3.63, 3.8) is 0 Å². The zero-order chi connectivity index (χ0) is 30.0. The second-order valence-corrected chi connectivity index (χ2v) is 14.8. The van der Waals surface area contributed by atoms with Gasteiger partial charge < -0.3 is 19.3 Å². The van der Waals surface area contributed by atoms with Crippen LogP contribution < -0.4 is 19.3 Å². The molecular formula is C33H37N3O5S2. The van der Waals surface area contributed by atoms with E-state index in [0.717, 1.165) is 49.3 Å². The van der Waals surface area contributed by atoms with E-state index in [-0.39, 0.29) is 35.1 Å². The molecule has 3 heterocycles. The lowest BCUT2D eigenvalue weighted by Crippen LogP contribution is -2.38. The van der Waals surface area contributed by atoms with E-state index in [1.165, 1.54) is 17.3 Å². The number of aliphatic imine (C=N–C) groups is 1. The molecule has 6 rings (SSSR count). The molecule has 10 heteroatoms. The quantitative estimate of drug-likeness (QED) is 0.348. The molecule has 0 unspecified atom stereocenters. The van der Waals surface area contributed by atoms with E-state index in [1.54, 1.807) is 26.4 Å². The topological polar surface area (TPSA) is 88.5 Å². The first-order valence-electron chi connectivity index (χ1n) is 14.7. The van der Waals surface area contributed by atoms with Crippen molar-refractivity contribution in [2.75, 3.05) is 48.6 Å². The minimum Gasteiger partial charge on any atom is -0.493 e. The van der Waals surface area contributed by atoms with E-state index < -0.39 is 9.84 Å². The summed E-state index contributed by atoms with van der Waals surface area (Å²) in [5.41, 5.74) is 4.19. The van der Waals surface area contributed by atoms with Gasteiger partial charge in [-0.2, -0.15) is 4.99 Å². The Morgan fingerprint density at radius 2 is 1.58 bits per heavy atom. The van der Waals surface area contributed by atoms with Crippen LogP contribution >= 0.6 is 11.8 Å². The summed E-state index contributed by atoms with van der Waals surface area (Å²) in [4.78, 5) is 22.0. The van der Waals surface area contributed by atoms with Gasteiger partial charge in [0.15, 0.2) is 26.5 Å².